The SMILES string of the molecule is OC1CC(CNCc2ccc(-c3ccccc3)s2)C1. The van der Waals surface area contributed by atoms with Crippen molar-refractivity contribution in [1.82, 2.24) is 5.32 Å². The fourth-order valence-corrected chi connectivity index (χ4v) is 3.48. The van der Waals surface area contributed by atoms with Crippen LogP contribution in [0.2, 0.25) is 0 Å². The van der Waals surface area contributed by atoms with Crippen molar-refractivity contribution in [2.24, 2.45) is 5.92 Å². The van der Waals surface area contributed by atoms with E-state index < -0.39 is 0 Å². The lowest BCUT2D eigenvalue weighted by Gasteiger charge is -2.31. The lowest BCUT2D eigenvalue weighted by Crippen LogP contribution is -2.35. The van der Waals surface area contributed by atoms with E-state index in [1.165, 1.54) is 15.3 Å². The minimum Gasteiger partial charge on any atom is -0.393 e. The van der Waals surface area contributed by atoms with Crippen molar-refractivity contribution in [1.29, 1.82) is 0 Å². The molecule has 100 valence electrons. The molecular weight excluding hydrogens is 254 g/mol. The molecule has 1 heterocycles. The topological polar surface area (TPSA) is 32.3 Å². The normalized spacial score (nSPS) is 22.2. The van der Waals surface area contributed by atoms with Crippen LogP contribution in [0.4, 0.5) is 0 Å². The van der Waals surface area contributed by atoms with E-state index in [0.717, 1.165) is 25.9 Å². The van der Waals surface area contributed by atoms with Crippen LogP contribution >= 0.6 is 11.3 Å². The van der Waals surface area contributed by atoms with Gasteiger partial charge in [-0.1, -0.05) is 30.3 Å². The second-order valence-corrected chi connectivity index (χ2v) is 6.42. The van der Waals surface area contributed by atoms with E-state index in [-0.39, 0.29) is 6.10 Å². The standard InChI is InChI=1S/C16H19NOS/c18-14-8-12(9-14)10-17-11-15-6-7-16(19-15)13-4-2-1-3-5-13/h1-7,12,14,17-18H,8-11H2. The monoisotopic (exact) mass is 273 g/mol. The van der Waals surface area contributed by atoms with Crippen LogP contribution in [0, 0.1) is 5.92 Å². The summed E-state index contributed by atoms with van der Waals surface area (Å²) in [6.07, 6.45) is 1.89. The van der Waals surface area contributed by atoms with Crippen molar-refractivity contribution in [2.45, 2.75) is 25.5 Å². The molecule has 0 spiro atoms. The lowest BCUT2D eigenvalue weighted by atomic mass is 9.82. The molecule has 0 amide bonds. The van der Waals surface area contributed by atoms with Gasteiger partial charge in [-0.2, -0.15) is 0 Å². The Balaban J connectivity index is 1.51. The van der Waals surface area contributed by atoms with Gasteiger partial charge in [0.25, 0.3) is 0 Å². The Morgan fingerprint density at radius 3 is 2.63 bits per heavy atom. The molecule has 1 aromatic heterocycles. The van der Waals surface area contributed by atoms with Gasteiger partial charge in [-0.3, -0.25) is 0 Å². The van der Waals surface area contributed by atoms with Gasteiger partial charge in [-0.05, 0) is 43.0 Å². The third kappa shape index (κ3) is 3.24. The molecule has 2 nitrogen and oxygen atoms in total. The van der Waals surface area contributed by atoms with Crippen molar-refractivity contribution in [3.8, 4) is 10.4 Å². The van der Waals surface area contributed by atoms with Crippen LogP contribution in [-0.4, -0.2) is 17.8 Å². The van der Waals surface area contributed by atoms with Crippen molar-refractivity contribution < 1.29 is 5.11 Å². The number of nitrogens with one attached hydrogen (secondary N) is 1. The van der Waals surface area contributed by atoms with Crippen LogP contribution < -0.4 is 5.32 Å². The van der Waals surface area contributed by atoms with Gasteiger partial charge in [0.15, 0.2) is 0 Å². The van der Waals surface area contributed by atoms with Crippen molar-refractivity contribution in [3.63, 3.8) is 0 Å². The third-order valence-electron chi connectivity index (χ3n) is 3.66. The Hall–Kier alpha value is -1.16. The highest BCUT2D eigenvalue weighted by atomic mass is 32.1. The maximum absolute atomic E-state index is 9.24. The smallest absolute Gasteiger partial charge is 0.0546 e. The molecule has 0 radical (unpaired) electrons. The van der Waals surface area contributed by atoms with Gasteiger partial charge in [0.1, 0.15) is 0 Å². The quantitative estimate of drug-likeness (QED) is 0.876. The Bertz CT molecular complexity index is 517. The summed E-state index contributed by atoms with van der Waals surface area (Å²) in [7, 11) is 0. The van der Waals surface area contributed by atoms with Gasteiger partial charge in [0, 0.05) is 16.3 Å². The molecule has 0 unspecified atom stereocenters. The summed E-state index contributed by atoms with van der Waals surface area (Å²) in [5.41, 5.74) is 1.29. The highest BCUT2D eigenvalue weighted by Crippen LogP contribution is 2.28. The van der Waals surface area contributed by atoms with E-state index in [1.807, 2.05) is 17.4 Å². The molecule has 0 atom stereocenters. The maximum atomic E-state index is 9.24. The molecule has 3 heteroatoms. The summed E-state index contributed by atoms with van der Waals surface area (Å²) < 4.78 is 0. The zero-order chi connectivity index (χ0) is 13.1. The number of rotatable bonds is 5. The number of hydrogen-bond acceptors (Lipinski definition) is 3. The van der Waals surface area contributed by atoms with Gasteiger partial charge < -0.3 is 10.4 Å². The molecule has 0 bridgehead atoms. The average Bonchev–Trinajstić information content (AvgIpc) is 2.86. The zero-order valence-corrected chi connectivity index (χ0v) is 11.7. The largest absolute Gasteiger partial charge is 0.393 e. The first-order valence-corrected chi connectivity index (χ1v) is 7.66. The Labute approximate surface area is 118 Å². The zero-order valence-electron chi connectivity index (χ0n) is 10.9. The molecule has 3 rings (SSSR count). The molecule has 1 aromatic carbocycles. The predicted molar refractivity (Wildman–Crippen MR) is 80.2 cm³/mol. The van der Waals surface area contributed by atoms with Gasteiger partial charge in [0.05, 0.1) is 6.10 Å². The molecule has 2 N–H and O–H groups in total. The van der Waals surface area contributed by atoms with Crippen LogP contribution in [0.3, 0.4) is 0 Å². The minimum absolute atomic E-state index is 0.0433. The summed E-state index contributed by atoms with van der Waals surface area (Å²) >= 11 is 1.85. The van der Waals surface area contributed by atoms with Crippen LogP contribution in [0.5, 0.6) is 0 Å². The molecule has 1 aliphatic carbocycles. The summed E-state index contributed by atoms with van der Waals surface area (Å²) in [6.45, 7) is 1.96. The van der Waals surface area contributed by atoms with Crippen molar-refractivity contribution >= 4 is 11.3 Å². The molecule has 0 saturated heterocycles. The highest BCUT2D eigenvalue weighted by Gasteiger charge is 2.26. The first-order valence-electron chi connectivity index (χ1n) is 6.84. The average molecular weight is 273 g/mol. The molecule has 1 fully saturated rings. The van der Waals surface area contributed by atoms with Crippen LogP contribution in [0.25, 0.3) is 10.4 Å². The van der Waals surface area contributed by atoms with Crippen LogP contribution in [-0.2, 0) is 6.54 Å². The first-order chi connectivity index (χ1) is 9.31. The second kappa shape index (κ2) is 5.87. The third-order valence-corrected chi connectivity index (χ3v) is 4.80. The molecular formula is C16H19NOS. The van der Waals surface area contributed by atoms with Crippen LogP contribution in [0.15, 0.2) is 42.5 Å². The fourth-order valence-electron chi connectivity index (χ4n) is 2.50. The van der Waals surface area contributed by atoms with Gasteiger partial charge in [-0.15, -0.1) is 11.3 Å². The number of thiophene rings is 1. The highest BCUT2D eigenvalue weighted by molar-refractivity contribution is 7.15. The van der Waals surface area contributed by atoms with Crippen molar-refractivity contribution in [2.75, 3.05) is 6.54 Å². The number of aliphatic hydroxyl groups is 1. The van der Waals surface area contributed by atoms with E-state index in [1.54, 1.807) is 0 Å². The summed E-state index contributed by atoms with van der Waals surface area (Å²) in [5, 5.41) is 12.7. The number of hydrogen-bond donors (Lipinski definition) is 2. The maximum Gasteiger partial charge on any atom is 0.0546 e. The van der Waals surface area contributed by atoms with E-state index >= 15 is 0 Å². The predicted octanol–water partition coefficient (Wildman–Crippen LogP) is 3.28. The molecule has 0 aliphatic heterocycles. The minimum atomic E-state index is -0.0433. The summed E-state index contributed by atoms with van der Waals surface area (Å²) in [5.74, 6) is 0.670. The van der Waals surface area contributed by atoms with E-state index in [9.17, 15) is 5.11 Å². The number of aliphatic hydroxyl groups excluding tert-OH is 1. The van der Waals surface area contributed by atoms with Crippen molar-refractivity contribution in [3.05, 3.63) is 47.3 Å². The van der Waals surface area contributed by atoms with Gasteiger partial charge in [0.2, 0.25) is 0 Å². The fraction of sp³-hybridized carbons (Fsp3) is 0.375. The Morgan fingerprint density at radius 2 is 1.89 bits per heavy atom. The van der Waals surface area contributed by atoms with Crippen LogP contribution in [0.1, 0.15) is 17.7 Å². The Kier molecular flexibility index (Phi) is 3.97. The van der Waals surface area contributed by atoms with E-state index in [0.29, 0.717) is 5.92 Å². The molecule has 1 aliphatic rings. The van der Waals surface area contributed by atoms with E-state index in [4.69, 9.17) is 0 Å². The van der Waals surface area contributed by atoms with Gasteiger partial charge >= 0.3 is 0 Å². The second-order valence-electron chi connectivity index (χ2n) is 5.25. The Morgan fingerprint density at radius 1 is 1.11 bits per heavy atom. The number of benzene rings is 1. The molecule has 1 saturated carbocycles. The molecule has 2 aromatic rings. The first kappa shape index (κ1) is 12.9. The summed E-state index contributed by atoms with van der Waals surface area (Å²) in [4.78, 5) is 2.70. The summed E-state index contributed by atoms with van der Waals surface area (Å²) in [6, 6.07) is 14.9. The van der Waals surface area contributed by atoms with Gasteiger partial charge in [-0.25, -0.2) is 0 Å². The molecule has 19 heavy (non-hydrogen) atoms. The lowest BCUT2D eigenvalue weighted by molar-refractivity contribution is 0.0430. The van der Waals surface area contributed by atoms with E-state index in [2.05, 4.69) is 41.7 Å².